The van der Waals surface area contributed by atoms with E-state index in [1.807, 2.05) is 24.3 Å². The molecule has 128 valence electrons. The van der Waals surface area contributed by atoms with Crippen molar-refractivity contribution in [3.8, 4) is 11.4 Å². The van der Waals surface area contributed by atoms with Crippen molar-refractivity contribution in [3.05, 3.63) is 63.6 Å². The summed E-state index contributed by atoms with van der Waals surface area (Å²) >= 11 is 8.59. The summed E-state index contributed by atoms with van der Waals surface area (Å²) in [5.41, 5.74) is 1.44. The van der Waals surface area contributed by atoms with Gasteiger partial charge in [-0.2, -0.15) is 5.10 Å². The molecule has 0 aliphatic carbocycles. The highest BCUT2D eigenvalue weighted by Gasteiger charge is 2.11. The van der Waals surface area contributed by atoms with Gasteiger partial charge in [-0.1, -0.05) is 22.0 Å². The molecule has 5 nitrogen and oxygen atoms in total. The minimum absolute atomic E-state index is 0.133. The zero-order valence-electron chi connectivity index (χ0n) is 13.0. The van der Waals surface area contributed by atoms with E-state index in [2.05, 4.69) is 31.4 Å². The minimum atomic E-state index is -0.321. The fraction of sp³-hybridized carbons (Fsp3) is 0.118. The number of hydrogen-bond acceptors (Lipinski definition) is 3. The Bertz CT molecular complexity index is 952. The third kappa shape index (κ3) is 4.40. The maximum Gasteiger partial charge on any atom is 0.226 e. The van der Waals surface area contributed by atoms with Gasteiger partial charge in [0.05, 0.1) is 0 Å². The molecule has 3 rings (SSSR count). The molecule has 0 radical (unpaired) electrons. The Morgan fingerprint density at radius 2 is 2.04 bits per heavy atom. The van der Waals surface area contributed by atoms with E-state index in [0.717, 1.165) is 10.0 Å². The molecule has 1 amide bonds. The molecule has 0 aliphatic heterocycles. The molecule has 0 unspecified atom stereocenters. The van der Waals surface area contributed by atoms with Gasteiger partial charge in [-0.05, 0) is 54.7 Å². The van der Waals surface area contributed by atoms with Crippen molar-refractivity contribution in [3.63, 3.8) is 0 Å². The highest BCUT2D eigenvalue weighted by molar-refractivity contribution is 9.10. The first kappa shape index (κ1) is 17.5. The summed E-state index contributed by atoms with van der Waals surface area (Å²) in [5.74, 6) is 0.115. The Morgan fingerprint density at radius 3 is 2.76 bits per heavy atom. The van der Waals surface area contributed by atoms with Crippen LogP contribution in [0.1, 0.15) is 6.42 Å². The highest BCUT2D eigenvalue weighted by Crippen LogP contribution is 2.19. The molecule has 0 spiro atoms. The van der Waals surface area contributed by atoms with Gasteiger partial charge in [-0.15, -0.1) is 0 Å². The number of halogens is 2. The number of nitrogens with zero attached hydrogens (tertiary/aromatic N) is 2. The van der Waals surface area contributed by atoms with Crippen LogP contribution in [0.25, 0.3) is 11.4 Å². The Morgan fingerprint density at radius 1 is 1.28 bits per heavy atom. The molecule has 8 heteroatoms. The van der Waals surface area contributed by atoms with Crippen molar-refractivity contribution >= 4 is 39.7 Å². The SMILES string of the molecule is O=C(CCn1c(-c2ccc(F)cc2)n[nH]c1=S)Nc1cccc(Br)c1. The van der Waals surface area contributed by atoms with Crippen LogP contribution >= 0.6 is 28.1 Å². The second-order valence-corrected chi connectivity index (χ2v) is 6.62. The fourth-order valence-electron chi connectivity index (χ4n) is 2.35. The van der Waals surface area contributed by atoms with Crippen molar-refractivity contribution in [2.24, 2.45) is 0 Å². The Balaban J connectivity index is 1.71. The van der Waals surface area contributed by atoms with Crippen LogP contribution in [0.3, 0.4) is 0 Å². The zero-order chi connectivity index (χ0) is 17.8. The first-order valence-electron chi connectivity index (χ1n) is 7.49. The molecule has 2 N–H and O–H groups in total. The smallest absolute Gasteiger partial charge is 0.226 e. The molecule has 0 saturated heterocycles. The number of amides is 1. The first-order chi connectivity index (χ1) is 12.0. The van der Waals surface area contributed by atoms with E-state index in [-0.39, 0.29) is 18.1 Å². The molecular formula is C17H14BrFN4OS. The molecule has 0 bridgehead atoms. The van der Waals surface area contributed by atoms with Crippen molar-refractivity contribution in [2.45, 2.75) is 13.0 Å². The van der Waals surface area contributed by atoms with Gasteiger partial charge in [-0.25, -0.2) is 4.39 Å². The number of aromatic nitrogens is 3. The number of aromatic amines is 1. The number of nitrogens with one attached hydrogen (secondary N) is 2. The predicted octanol–water partition coefficient (Wildman–Crippen LogP) is 4.54. The number of H-pyrrole nitrogens is 1. The number of benzene rings is 2. The van der Waals surface area contributed by atoms with Crippen molar-refractivity contribution in [1.82, 2.24) is 14.8 Å². The molecule has 0 atom stereocenters. The number of carbonyl (C=O) groups excluding carboxylic acids is 1. The van der Waals surface area contributed by atoms with Gasteiger partial charge in [0, 0.05) is 28.7 Å². The second kappa shape index (κ2) is 7.71. The van der Waals surface area contributed by atoms with E-state index in [4.69, 9.17) is 12.2 Å². The van der Waals surface area contributed by atoms with E-state index >= 15 is 0 Å². The van der Waals surface area contributed by atoms with E-state index < -0.39 is 0 Å². The Kier molecular flexibility index (Phi) is 5.40. The zero-order valence-corrected chi connectivity index (χ0v) is 15.4. The summed E-state index contributed by atoms with van der Waals surface area (Å²) in [4.78, 5) is 12.2. The normalized spacial score (nSPS) is 10.6. The third-order valence-electron chi connectivity index (χ3n) is 3.53. The lowest BCUT2D eigenvalue weighted by atomic mass is 10.2. The number of carbonyl (C=O) groups is 1. The summed E-state index contributed by atoms with van der Waals surface area (Å²) in [7, 11) is 0. The number of anilines is 1. The van der Waals surface area contributed by atoms with Gasteiger partial charge >= 0.3 is 0 Å². The lowest BCUT2D eigenvalue weighted by Gasteiger charge is -2.08. The molecule has 0 fully saturated rings. The average Bonchev–Trinajstić information content (AvgIpc) is 2.94. The molecule has 2 aromatic carbocycles. The van der Waals surface area contributed by atoms with E-state index in [9.17, 15) is 9.18 Å². The number of rotatable bonds is 5. The minimum Gasteiger partial charge on any atom is -0.326 e. The average molecular weight is 421 g/mol. The van der Waals surface area contributed by atoms with Crippen LogP contribution in [0, 0.1) is 10.6 Å². The largest absolute Gasteiger partial charge is 0.326 e. The van der Waals surface area contributed by atoms with Crippen LogP contribution in [0.4, 0.5) is 10.1 Å². The quantitative estimate of drug-likeness (QED) is 0.595. The molecule has 0 aliphatic rings. The maximum atomic E-state index is 13.1. The topological polar surface area (TPSA) is 62.7 Å². The molecular weight excluding hydrogens is 407 g/mol. The summed E-state index contributed by atoms with van der Waals surface area (Å²) in [6.07, 6.45) is 0.231. The Labute approximate surface area is 157 Å². The lowest BCUT2D eigenvalue weighted by Crippen LogP contribution is -2.15. The van der Waals surface area contributed by atoms with Crippen molar-refractivity contribution < 1.29 is 9.18 Å². The van der Waals surface area contributed by atoms with Crippen LogP contribution in [0.2, 0.25) is 0 Å². The summed E-state index contributed by atoms with van der Waals surface area (Å²) < 4.78 is 16.1. The fourth-order valence-corrected chi connectivity index (χ4v) is 2.97. The van der Waals surface area contributed by atoms with Crippen LogP contribution in [0.15, 0.2) is 53.0 Å². The maximum absolute atomic E-state index is 13.1. The standard InChI is InChI=1S/C17H14BrFN4OS/c18-12-2-1-3-14(10-12)20-15(24)8-9-23-16(21-22-17(23)25)11-4-6-13(19)7-5-11/h1-7,10H,8-9H2,(H,20,24)(H,22,25). The molecule has 3 aromatic rings. The van der Waals surface area contributed by atoms with E-state index in [1.54, 1.807) is 16.7 Å². The van der Waals surface area contributed by atoms with Gasteiger partial charge in [0.1, 0.15) is 5.82 Å². The van der Waals surface area contributed by atoms with Crippen LogP contribution in [0.5, 0.6) is 0 Å². The van der Waals surface area contributed by atoms with Crippen LogP contribution in [-0.4, -0.2) is 20.7 Å². The molecule has 25 heavy (non-hydrogen) atoms. The lowest BCUT2D eigenvalue weighted by molar-refractivity contribution is -0.116. The first-order valence-corrected chi connectivity index (χ1v) is 8.69. The van der Waals surface area contributed by atoms with Gasteiger partial charge in [-0.3, -0.25) is 14.5 Å². The predicted molar refractivity (Wildman–Crippen MR) is 100 cm³/mol. The van der Waals surface area contributed by atoms with Crippen LogP contribution in [-0.2, 0) is 11.3 Å². The third-order valence-corrected chi connectivity index (χ3v) is 4.34. The van der Waals surface area contributed by atoms with Crippen LogP contribution < -0.4 is 5.32 Å². The monoisotopic (exact) mass is 420 g/mol. The van der Waals surface area contributed by atoms with E-state index in [0.29, 0.717) is 22.8 Å². The highest BCUT2D eigenvalue weighted by atomic mass is 79.9. The Hall–Kier alpha value is -2.32. The summed E-state index contributed by atoms with van der Waals surface area (Å²) in [6.45, 7) is 0.363. The summed E-state index contributed by atoms with van der Waals surface area (Å²) in [6, 6.07) is 13.3. The van der Waals surface area contributed by atoms with Gasteiger partial charge < -0.3 is 5.32 Å². The van der Waals surface area contributed by atoms with Crippen molar-refractivity contribution in [2.75, 3.05) is 5.32 Å². The van der Waals surface area contributed by atoms with Gasteiger partial charge in [0.25, 0.3) is 0 Å². The second-order valence-electron chi connectivity index (χ2n) is 5.32. The molecule has 1 aromatic heterocycles. The number of hydrogen-bond donors (Lipinski definition) is 2. The summed E-state index contributed by atoms with van der Waals surface area (Å²) in [5, 5.41) is 9.72. The van der Waals surface area contributed by atoms with E-state index in [1.165, 1.54) is 12.1 Å². The molecule has 0 saturated carbocycles. The van der Waals surface area contributed by atoms with Gasteiger partial charge in [0.2, 0.25) is 5.91 Å². The molecule has 1 heterocycles. The van der Waals surface area contributed by atoms with Crippen molar-refractivity contribution in [1.29, 1.82) is 0 Å². The van der Waals surface area contributed by atoms with Gasteiger partial charge in [0.15, 0.2) is 10.6 Å².